The SMILES string of the molecule is CCOc1ccccc1NS(=O)(=O)CC(C)CCl. The third-order valence-corrected chi connectivity index (χ3v) is 4.29. The maximum atomic E-state index is 11.9. The summed E-state index contributed by atoms with van der Waals surface area (Å²) in [5.41, 5.74) is 0.459. The maximum Gasteiger partial charge on any atom is 0.233 e. The predicted molar refractivity (Wildman–Crippen MR) is 74.9 cm³/mol. The van der Waals surface area contributed by atoms with Gasteiger partial charge in [-0.2, -0.15) is 0 Å². The van der Waals surface area contributed by atoms with Gasteiger partial charge in [0.2, 0.25) is 10.0 Å². The summed E-state index contributed by atoms with van der Waals surface area (Å²) in [6.07, 6.45) is 0. The molecule has 0 radical (unpaired) electrons. The molecule has 4 nitrogen and oxygen atoms in total. The summed E-state index contributed by atoms with van der Waals surface area (Å²) in [6.45, 7) is 4.12. The second-order valence-corrected chi connectivity index (χ2v) is 6.15. The van der Waals surface area contributed by atoms with Crippen molar-refractivity contribution >= 4 is 27.3 Å². The summed E-state index contributed by atoms with van der Waals surface area (Å²) in [6, 6.07) is 6.95. The average Bonchev–Trinajstić information content (AvgIpc) is 2.31. The van der Waals surface area contributed by atoms with E-state index in [0.717, 1.165) is 0 Å². The molecule has 0 aliphatic rings. The Bertz CT molecular complexity index is 476. The lowest BCUT2D eigenvalue weighted by Gasteiger charge is -2.14. The van der Waals surface area contributed by atoms with E-state index >= 15 is 0 Å². The van der Waals surface area contributed by atoms with Gasteiger partial charge in [-0.25, -0.2) is 8.42 Å². The van der Waals surface area contributed by atoms with Gasteiger partial charge >= 0.3 is 0 Å². The molecule has 102 valence electrons. The largest absolute Gasteiger partial charge is 0.492 e. The summed E-state index contributed by atoms with van der Waals surface area (Å²) in [4.78, 5) is 0. The van der Waals surface area contributed by atoms with Crippen molar-refractivity contribution in [3.05, 3.63) is 24.3 Å². The number of nitrogens with one attached hydrogen (secondary N) is 1. The number of sulfonamides is 1. The van der Waals surface area contributed by atoms with Gasteiger partial charge in [-0.3, -0.25) is 4.72 Å². The lowest BCUT2D eigenvalue weighted by Crippen LogP contribution is -2.22. The Morgan fingerprint density at radius 1 is 1.39 bits per heavy atom. The fourth-order valence-corrected chi connectivity index (χ4v) is 3.15. The smallest absolute Gasteiger partial charge is 0.233 e. The number of halogens is 1. The standard InChI is InChI=1S/C12H18ClNO3S/c1-3-17-12-7-5-4-6-11(12)14-18(15,16)9-10(2)8-13/h4-7,10,14H,3,8-9H2,1-2H3. The van der Waals surface area contributed by atoms with E-state index in [4.69, 9.17) is 16.3 Å². The lowest BCUT2D eigenvalue weighted by molar-refractivity contribution is 0.342. The fraction of sp³-hybridized carbons (Fsp3) is 0.500. The van der Waals surface area contributed by atoms with E-state index in [1.807, 2.05) is 6.92 Å². The van der Waals surface area contributed by atoms with Crippen LogP contribution in [0.2, 0.25) is 0 Å². The molecule has 1 rings (SSSR count). The van der Waals surface area contributed by atoms with Crippen LogP contribution in [0.3, 0.4) is 0 Å². The Balaban J connectivity index is 2.83. The molecule has 0 saturated heterocycles. The molecule has 0 aliphatic heterocycles. The number of ether oxygens (including phenoxy) is 1. The van der Waals surface area contributed by atoms with Crippen LogP contribution in [0, 0.1) is 5.92 Å². The van der Waals surface area contributed by atoms with Gasteiger partial charge in [0.1, 0.15) is 5.75 Å². The number of anilines is 1. The monoisotopic (exact) mass is 291 g/mol. The van der Waals surface area contributed by atoms with Gasteiger partial charge in [-0.05, 0) is 25.0 Å². The van der Waals surface area contributed by atoms with Gasteiger partial charge in [0.25, 0.3) is 0 Å². The first-order chi connectivity index (χ1) is 8.48. The minimum Gasteiger partial charge on any atom is -0.492 e. The maximum absolute atomic E-state index is 11.9. The van der Waals surface area contributed by atoms with Gasteiger partial charge in [0.15, 0.2) is 0 Å². The van der Waals surface area contributed by atoms with Crippen molar-refractivity contribution in [2.45, 2.75) is 13.8 Å². The van der Waals surface area contributed by atoms with E-state index in [-0.39, 0.29) is 11.7 Å². The van der Waals surface area contributed by atoms with Crippen molar-refractivity contribution in [1.82, 2.24) is 0 Å². The molecule has 1 unspecified atom stereocenters. The van der Waals surface area contributed by atoms with Gasteiger partial charge in [0.05, 0.1) is 18.0 Å². The van der Waals surface area contributed by atoms with E-state index < -0.39 is 10.0 Å². The van der Waals surface area contributed by atoms with E-state index in [2.05, 4.69) is 4.72 Å². The molecule has 0 aromatic heterocycles. The van der Waals surface area contributed by atoms with Crippen molar-refractivity contribution in [3.8, 4) is 5.75 Å². The van der Waals surface area contributed by atoms with Crippen LogP contribution in [-0.4, -0.2) is 26.7 Å². The minimum absolute atomic E-state index is 0.00302. The highest BCUT2D eigenvalue weighted by atomic mass is 35.5. The highest BCUT2D eigenvalue weighted by Crippen LogP contribution is 2.25. The molecule has 18 heavy (non-hydrogen) atoms. The van der Waals surface area contributed by atoms with Crippen LogP contribution in [0.4, 0.5) is 5.69 Å². The van der Waals surface area contributed by atoms with E-state index in [0.29, 0.717) is 23.9 Å². The van der Waals surface area contributed by atoms with Gasteiger partial charge in [0, 0.05) is 5.88 Å². The molecular weight excluding hydrogens is 274 g/mol. The van der Waals surface area contributed by atoms with E-state index in [1.165, 1.54) is 0 Å². The van der Waals surface area contributed by atoms with Gasteiger partial charge in [-0.1, -0.05) is 19.1 Å². The number of hydrogen-bond acceptors (Lipinski definition) is 3. The molecule has 0 spiro atoms. The summed E-state index contributed by atoms with van der Waals surface area (Å²) in [5, 5.41) is 0. The fourth-order valence-electron chi connectivity index (χ4n) is 1.46. The number of para-hydroxylation sites is 2. The summed E-state index contributed by atoms with van der Waals surface area (Å²) >= 11 is 5.63. The number of rotatable bonds is 7. The highest BCUT2D eigenvalue weighted by molar-refractivity contribution is 7.92. The third-order valence-electron chi connectivity index (χ3n) is 2.22. The zero-order chi connectivity index (χ0) is 13.6. The number of alkyl halides is 1. The second kappa shape index (κ2) is 6.85. The molecule has 1 aromatic carbocycles. The normalized spacial score (nSPS) is 13.1. The zero-order valence-electron chi connectivity index (χ0n) is 10.5. The molecule has 6 heteroatoms. The van der Waals surface area contributed by atoms with Crippen LogP contribution in [0.15, 0.2) is 24.3 Å². The summed E-state index contributed by atoms with van der Waals surface area (Å²) < 4.78 is 31.7. The molecule has 0 amide bonds. The van der Waals surface area contributed by atoms with Crippen molar-refractivity contribution in [2.75, 3.05) is 23.0 Å². The van der Waals surface area contributed by atoms with Crippen LogP contribution in [0.5, 0.6) is 5.75 Å². The Morgan fingerprint density at radius 2 is 2.06 bits per heavy atom. The van der Waals surface area contributed by atoms with Crippen LogP contribution in [0.1, 0.15) is 13.8 Å². The lowest BCUT2D eigenvalue weighted by atomic mass is 10.3. The molecule has 0 aliphatic carbocycles. The Morgan fingerprint density at radius 3 is 2.67 bits per heavy atom. The first kappa shape index (κ1) is 15.1. The minimum atomic E-state index is -3.40. The Labute approximate surface area is 113 Å². The topological polar surface area (TPSA) is 55.4 Å². The van der Waals surface area contributed by atoms with E-state index in [9.17, 15) is 8.42 Å². The number of hydrogen-bond donors (Lipinski definition) is 1. The highest BCUT2D eigenvalue weighted by Gasteiger charge is 2.16. The third kappa shape index (κ3) is 4.74. The first-order valence-electron chi connectivity index (χ1n) is 5.76. The molecule has 0 bridgehead atoms. The van der Waals surface area contributed by atoms with Crippen molar-refractivity contribution in [1.29, 1.82) is 0 Å². The molecule has 1 atom stereocenters. The molecule has 0 fully saturated rings. The second-order valence-electron chi connectivity index (χ2n) is 4.07. The summed E-state index contributed by atoms with van der Waals surface area (Å²) in [7, 11) is -3.40. The van der Waals surface area contributed by atoms with Crippen LogP contribution >= 0.6 is 11.6 Å². The first-order valence-corrected chi connectivity index (χ1v) is 7.95. The molecule has 0 heterocycles. The zero-order valence-corrected chi connectivity index (χ0v) is 12.1. The molecule has 0 saturated carbocycles. The molecule has 1 aromatic rings. The van der Waals surface area contributed by atoms with Gasteiger partial charge < -0.3 is 4.74 Å². The Hall–Kier alpha value is -0.940. The van der Waals surface area contributed by atoms with Crippen LogP contribution < -0.4 is 9.46 Å². The van der Waals surface area contributed by atoms with Gasteiger partial charge in [-0.15, -0.1) is 11.6 Å². The van der Waals surface area contributed by atoms with Crippen molar-refractivity contribution in [3.63, 3.8) is 0 Å². The number of benzene rings is 1. The average molecular weight is 292 g/mol. The molecular formula is C12H18ClNO3S. The summed E-state index contributed by atoms with van der Waals surface area (Å²) in [5.74, 6) is 0.746. The van der Waals surface area contributed by atoms with Crippen LogP contribution in [-0.2, 0) is 10.0 Å². The quantitative estimate of drug-likeness (QED) is 0.786. The molecule has 1 N–H and O–H groups in total. The van der Waals surface area contributed by atoms with Crippen molar-refractivity contribution < 1.29 is 13.2 Å². The Kier molecular flexibility index (Phi) is 5.75. The predicted octanol–water partition coefficient (Wildman–Crippen LogP) is 2.70. The van der Waals surface area contributed by atoms with Crippen molar-refractivity contribution in [2.24, 2.45) is 5.92 Å². The van der Waals surface area contributed by atoms with E-state index in [1.54, 1.807) is 31.2 Å². The van der Waals surface area contributed by atoms with Crippen LogP contribution in [0.25, 0.3) is 0 Å².